The van der Waals surface area contributed by atoms with Crippen molar-refractivity contribution >= 4 is 38.6 Å². The number of amides is 1. The Hall–Kier alpha value is -3.92. The summed E-state index contributed by atoms with van der Waals surface area (Å²) in [7, 11) is 0. The molecule has 0 aliphatic carbocycles. The highest BCUT2D eigenvalue weighted by Crippen LogP contribution is 2.35. The van der Waals surface area contributed by atoms with Gasteiger partial charge in [-0.1, -0.05) is 15.9 Å². The zero-order valence-corrected chi connectivity index (χ0v) is 20.0. The van der Waals surface area contributed by atoms with E-state index in [1.807, 2.05) is 36.4 Å². The van der Waals surface area contributed by atoms with Crippen LogP contribution in [0, 0.1) is 0 Å². The molecule has 0 unspecified atom stereocenters. The van der Waals surface area contributed by atoms with Gasteiger partial charge in [0.05, 0.1) is 5.69 Å². The van der Waals surface area contributed by atoms with Crippen molar-refractivity contribution in [1.29, 1.82) is 0 Å². The zero-order chi connectivity index (χ0) is 23.9. The number of halogens is 1. The number of rotatable bonds is 3. The van der Waals surface area contributed by atoms with Crippen LogP contribution in [0.2, 0.25) is 0 Å². The number of carbonyl (C=O) groups is 1. The minimum Gasteiger partial charge on any atom is -0.454 e. The molecule has 2 aromatic heterocycles. The molecular weight excluding hydrogens is 516 g/mol. The van der Waals surface area contributed by atoms with E-state index >= 15 is 0 Å². The molecule has 35 heavy (non-hydrogen) atoms. The van der Waals surface area contributed by atoms with Crippen molar-refractivity contribution in [1.82, 2.24) is 15.1 Å². The predicted octanol–water partition coefficient (Wildman–Crippen LogP) is 3.70. The molecule has 10 heteroatoms. The molecule has 0 N–H and O–H groups in total. The first kappa shape index (κ1) is 21.6. The Kier molecular flexibility index (Phi) is 5.37. The second-order valence-electron chi connectivity index (χ2n) is 8.25. The van der Waals surface area contributed by atoms with E-state index in [1.54, 1.807) is 23.1 Å². The van der Waals surface area contributed by atoms with Crippen LogP contribution in [-0.2, 0) is 0 Å². The van der Waals surface area contributed by atoms with E-state index in [1.165, 1.54) is 0 Å². The van der Waals surface area contributed by atoms with Crippen LogP contribution in [0.3, 0.4) is 0 Å². The fraction of sp³-hybridized carbons (Fsp3) is 0.200. The van der Waals surface area contributed by atoms with Crippen LogP contribution in [0.15, 0.2) is 68.3 Å². The number of benzene rings is 2. The monoisotopic (exact) mass is 534 g/mol. The highest BCUT2D eigenvalue weighted by Gasteiger charge is 2.26. The van der Waals surface area contributed by atoms with Gasteiger partial charge in [0.25, 0.3) is 5.91 Å². The van der Waals surface area contributed by atoms with Crippen LogP contribution in [0.25, 0.3) is 22.2 Å². The molecule has 9 nitrogen and oxygen atoms in total. The Morgan fingerprint density at radius 1 is 0.886 bits per heavy atom. The Bertz CT molecular complexity index is 1500. The van der Waals surface area contributed by atoms with E-state index in [-0.39, 0.29) is 18.3 Å². The summed E-state index contributed by atoms with van der Waals surface area (Å²) in [6.07, 6.45) is 0. The molecule has 1 saturated heterocycles. The fourth-order valence-electron chi connectivity index (χ4n) is 4.26. The van der Waals surface area contributed by atoms with Crippen molar-refractivity contribution in [2.24, 2.45) is 0 Å². The second-order valence-corrected chi connectivity index (χ2v) is 9.17. The normalized spacial score (nSPS) is 15.0. The number of fused-ring (bicyclic) bond motifs is 2. The number of piperazine rings is 1. The lowest BCUT2D eigenvalue weighted by molar-refractivity contribution is 0.0742. The lowest BCUT2D eigenvalue weighted by Crippen LogP contribution is -2.49. The second kappa shape index (κ2) is 8.70. The van der Waals surface area contributed by atoms with Gasteiger partial charge in [-0.05, 0) is 54.6 Å². The quantitative estimate of drug-likeness (QED) is 0.367. The van der Waals surface area contributed by atoms with Gasteiger partial charge in [0.2, 0.25) is 6.79 Å². The van der Waals surface area contributed by atoms with Gasteiger partial charge in [-0.3, -0.25) is 4.79 Å². The standard InChI is InChI=1S/C25H19BrN4O5/c26-17-2-5-20-16(11-17)12-18(25(32)35-20)24(31)30-9-7-29(8-10-30)23-6-3-19(27-28-23)15-1-4-21-22(13-15)34-14-33-21/h1-6,11-13H,7-10,14H2. The summed E-state index contributed by atoms with van der Waals surface area (Å²) < 4.78 is 17.0. The van der Waals surface area contributed by atoms with E-state index in [2.05, 4.69) is 31.0 Å². The van der Waals surface area contributed by atoms with Crippen molar-refractivity contribution in [3.05, 3.63) is 75.1 Å². The van der Waals surface area contributed by atoms with Crippen LogP contribution < -0.4 is 20.0 Å². The molecule has 2 aliphatic heterocycles. The van der Waals surface area contributed by atoms with Gasteiger partial charge in [0.15, 0.2) is 17.3 Å². The average molecular weight is 535 g/mol. The molecule has 1 fully saturated rings. The lowest BCUT2D eigenvalue weighted by atomic mass is 10.1. The van der Waals surface area contributed by atoms with E-state index in [0.717, 1.165) is 27.3 Å². The van der Waals surface area contributed by atoms with Crippen molar-refractivity contribution in [2.75, 3.05) is 37.9 Å². The molecule has 0 spiro atoms. The lowest BCUT2D eigenvalue weighted by Gasteiger charge is -2.35. The molecule has 1 amide bonds. The maximum atomic E-state index is 13.1. The van der Waals surface area contributed by atoms with Gasteiger partial charge in [-0.25, -0.2) is 4.79 Å². The average Bonchev–Trinajstić information content (AvgIpc) is 3.36. The molecule has 0 bridgehead atoms. The third-order valence-corrected chi connectivity index (χ3v) is 6.63. The number of ether oxygens (including phenoxy) is 2. The van der Waals surface area contributed by atoms with E-state index < -0.39 is 5.63 Å². The Balaban J connectivity index is 1.14. The van der Waals surface area contributed by atoms with Gasteiger partial charge in [0, 0.05) is 41.6 Å². The van der Waals surface area contributed by atoms with Gasteiger partial charge in [-0.2, -0.15) is 0 Å². The summed E-state index contributed by atoms with van der Waals surface area (Å²) in [6.45, 7) is 2.30. The molecule has 6 rings (SSSR count). The predicted molar refractivity (Wildman–Crippen MR) is 132 cm³/mol. The third kappa shape index (κ3) is 4.10. The molecule has 176 valence electrons. The van der Waals surface area contributed by atoms with Crippen molar-refractivity contribution < 1.29 is 18.7 Å². The Morgan fingerprint density at radius 3 is 2.51 bits per heavy atom. The summed E-state index contributed by atoms with van der Waals surface area (Å²) in [5.74, 6) is 1.82. The number of anilines is 1. The van der Waals surface area contributed by atoms with Crippen molar-refractivity contribution in [2.45, 2.75) is 0 Å². The van der Waals surface area contributed by atoms with Gasteiger partial charge in [0.1, 0.15) is 11.1 Å². The minimum absolute atomic E-state index is 0.0388. The molecule has 4 aromatic rings. The fourth-order valence-corrected chi connectivity index (χ4v) is 4.63. The first-order valence-corrected chi connectivity index (χ1v) is 11.9. The first-order chi connectivity index (χ1) is 17.0. The summed E-state index contributed by atoms with van der Waals surface area (Å²) in [5, 5.41) is 9.45. The first-order valence-electron chi connectivity index (χ1n) is 11.1. The van der Waals surface area contributed by atoms with Crippen molar-refractivity contribution in [3.63, 3.8) is 0 Å². The van der Waals surface area contributed by atoms with Crippen molar-refractivity contribution in [3.8, 4) is 22.8 Å². The van der Waals surface area contributed by atoms with Crippen LogP contribution in [-0.4, -0.2) is 54.0 Å². The van der Waals surface area contributed by atoms with Crippen LogP contribution >= 0.6 is 15.9 Å². The van der Waals surface area contributed by atoms with E-state index in [4.69, 9.17) is 13.9 Å². The van der Waals surface area contributed by atoms with Crippen LogP contribution in [0.5, 0.6) is 11.5 Å². The summed E-state index contributed by atoms with van der Waals surface area (Å²) in [4.78, 5) is 29.2. The maximum Gasteiger partial charge on any atom is 0.349 e. The topological polar surface area (TPSA) is 98.0 Å². The minimum atomic E-state index is -0.628. The van der Waals surface area contributed by atoms with Crippen LogP contribution in [0.1, 0.15) is 10.4 Å². The molecule has 2 aromatic carbocycles. The largest absolute Gasteiger partial charge is 0.454 e. The van der Waals surface area contributed by atoms with Gasteiger partial charge >= 0.3 is 5.63 Å². The molecule has 4 heterocycles. The molecular formula is C25H19BrN4O5. The zero-order valence-electron chi connectivity index (χ0n) is 18.4. The highest BCUT2D eigenvalue weighted by molar-refractivity contribution is 9.10. The molecule has 2 aliphatic rings. The smallest absolute Gasteiger partial charge is 0.349 e. The Labute approximate surface area is 208 Å². The number of aromatic nitrogens is 2. The summed E-state index contributed by atoms with van der Waals surface area (Å²) in [6, 6.07) is 16.4. The Morgan fingerprint density at radius 2 is 1.71 bits per heavy atom. The van der Waals surface area contributed by atoms with Crippen LogP contribution in [0.4, 0.5) is 5.82 Å². The highest BCUT2D eigenvalue weighted by atomic mass is 79.9. The molecule has 0 saturated carbocycles. The number of nitrogens with zero attached hydrogens (tertiary/aromatic N) is 4. The van der Waals surface area contributed by atoms with Gasteiger partial charge in [-0.15, -0.1) is 10.2 Å². The number of hydrogen-bond donors (Lipinski definition) is 0. The SMILES string of the molecule is O=C(c1cc2cc(Br)ccc2oc1=O)N1CCN(c2ccc(-c3ccc4c(c3)OCO4)nn2)CC1. The van der Waals surface area contributed by atoms with E-state index in [9.17, 15) is 9.59 Å². The molecule has 0 atom stereocenters. The summed E-state index contributed by atoms with van der Waals surface area (Å²) in [5.41, 5.74) is 1.48. The summed E-state index contributed by atoms with van der Waals surface area (Å²) >= 11 is 3.40. The number of carbonyl (C=O) groups excluding carboxylic acids is 1. The van der Waals surface area contributed by atoms with Gasteiger partial charge < -0.3 is 23.7 Å². The third-order valence-electron chi connectivity index (χ3n) is 6.13. The van der Waals surface area contributed by atoms with E-state index in [0.29, 0.717) is 42.9 Å². The maximum absolute atomic E-state index is 13.1. The number of hydrogen-bond acceptors (Lipinski definition) is 8. The molecule has 0 radical (unpaired) electrons.